The molecule has 0 nitrogen and oxygen atoms in total. The molecule has 1 heterocycles. The summed E-state index contributed by atoms with van der Waals surface area (Å²) < 4.78 is 0. The Balaban J connectivity index is 2.30. The molecule has 0 aliphatic carbocycles. The van der Waals surface area contributed by atoms with Gasteiger partial charge in [-0.05, 0) is 17.6 Å². The first kappa shape index (κ1) is 8.76. The molecule has 1 aliphatic heterocycles. The third kappa shape index (κ3) is 1.91. The Hall–Kier alpha value is -0.823. The lowest BCUT2D eigenvalue weighted by atomic mass is 10.1. The van der Waals surface area contributed by atoms with E-state index in [0.29, 0.717) is 0 Å². The van der Waals surface area contributed by atoms with Crippen LogP contribution in [0, 0.1) is 0 Å². The van der Waals surface area contributed by atoms with E-state index in [-0.39, 0.29) is 0 Å². The Morgan fingerprint density at radius 3 is 2.31 bits per heavy atom. The van der Waals surface area contributed by atoms with E-state index in [9.17, 15) is 0 Å². The van der Waals surface area contributed by atoms with Crippen molar-refractivity contribution in [2.75, 3.05) is 0 Å². The molecule has 0 spiro atoms. The topological polar surface area (TPSA) is 0 Å². The Morgan fingerprint density at radius 2 is 1.77 bits per heavy atom. The minimum Gasteiger partial charge on any atom is -0.0910 e. The minimum atomic E-state index is -0.948. The Kier molecular flexibility index (Phi) is 2.12. The second kappa shape index (κ2) is 3.15. The van der Waals surface area contributed by atoms with Crippen molar-refractivity contribution in [3.63, 3.8) is 0 Å². The van der Waals surface area contributed by atoms with Crippen LogP contribution >= 0.6 is 0 Å². The highest BCUT2D eigenvalue weighted by molar-refractivity contribution is 6.84. The molecule has 0 aromatic heterocycles. The zero-order valence-electron chi connectivity index (χ0n) is 8.38. The molecule has 0 unspecified atom stereocenters. The van der Waals surface area contributed by atoms with Crippen LogP contribution in [0.25, 0.3) is 5.57 Å². The molecule has 0 amide bonds. The lowest BCUT2D eigenvalue weighted by Gasteiger charge is -2.08. The summed E-state index contributed by atoms with van der Waals surface area (Å²) in [5, 5.41) is 0. The van der Waals surface area contributed by atoms with Crippen LogP contribution in [0.3, 0.4) is 0 Å². The van der Waals surface area contributed by atoms with Gasteiger partial charge in [-0.1, -0.05) is 55.2 Å². The summed E-state index contributed by atoms with van der Waals surface area (Å²) in [6.45, 7) is 4.89. The van der Waals surface area contributed by atoms with E-state index in [1.54, 1.807) is 5.57 Å². The van der Waals surface area contributed by atoms with Crippen molar-refractivity contribution in [2.24, 2.45) is 0 Å². The summed E-state index contributed by atoms with van der Waals surface area (Å²) in [6, 6.07) is 12.2. The predicted molar refractivity (Wildman–Crippen MR) is 61.3 cm³/mol. The molecule has 1 aromatic rings. The molecular weight excluding hydrogens is 172 g/mol. The van der Waals surface area contributed by atoms with Crippen molar-refractivity contribution >= 4 is 13.6 Å². The molecule has 1 aromatic carbocycles. The van der Waals surface area contributed by atoms with Crippen molar-refractivity contribution in [3.05, 3.63) is 41.6 Å². The highest BCUT2D eigenvalue weighted by Gasteiger charge is 2.25. The van der Waals surface area contributed by atoms with Crippen molar-refractivity contribution < 1.29 is 0 Å². The minimum absolute atomic E-state index is 0.948. The molecule has 1 aliphatic rings. The molecule has 0 N–H and O–H groups in total. The summed E-state index contributed by atoms with van der Waals surface area (Å²) in [7, 11) is -0.948. The van der Waals surface area contributed by atoms with Gasteiger partial charge in [-0.15, -0.1) is 0 Å². The predicted octanol–water partition coefficient (Wildman–Crippen LogP) is 3.72. The van der Waals surface area contributed by atoms with E-state index >= 15 is 0 Å². The van der Waals surface area contributed by atoms with Crippen LogP contribution in [0.2, 0.25) is 19.1 Å². The van der Waals surface area contributed by atoms with E-state index in [1.807, 2.05) is 0 Å². The number of hydrogen-bond acceptors (Lipinski definition) is 0. The molecule has 2 rings (SSSR count). The molecule has 0 atom stereocenters. The molecule has 0 radical (unpaired) electrons. The van der Waals surface area contributed by atoms with Crippen LogP contribution in [0.1, 0.15) is 12.0 Å². The fourth-order valence-corrected chi connectivity index (χ4v) is 4.27. The number of allylic oxidation sites excluding steroid dienone is 1. The van der Waals surface area contributed by atoms with Crippen molar-refractivity contribution in [1.29, 1.82) is 0 Å². The molecular formula is C12H16Si. The number of hydrogen-bond donors (Lipinski definition) is 0. The van der Waals surface area contributed by atoms with Gasteiger partial charge in [0.1, 0.15) is 0 Å². The lowest BCUT2D eigenvalue weighted by Crippen LogP contribution is -2.17. The SMILES string of the molecule is C[Si]1(C)C=C(c2ccccc2)CC1. The first-order chi connectivity index (χ1) is 6.17. The van der Waals surface area contributed by atoms with Gasteiger partial charge >= 0.3 is 0 Å². The molecule has 68 valence electrons. The first-order valence-electron chi connectivity index (χ1n) is 4.95. The highest BCUT2D eigenvalue weighted by Crippen LogP contribution is 2.33. The maximum absolute atomic E-state index is 2.56. The van der Waals surface area contributed by atoms with Gasteiger partial charge in [0, 0.05) is 0 Å². The van der Waals surface area contributed by atoms with Crippen LogP contribution < -0.4 is 0 Å². The zero-order valence-corrected chi connectivity index (χ0v) is 9.38. The lowest BCUT2D eigenvalue weighted by molar-refractivity contribution is 1.22. The zero-order chi connectivity index (χ0) is 9.31. The van der Waals surface area contributed by atoms with E-state index in [1.165, 1.54) is 18.0 Å². The van der Waals surface area contributed by atoms with E-state index in [2.05, 4.69) is 49.1 Å². The fourth-order valence-electron chi connectivity index (χ4n) is 1.95. The summed E-state index contributed by atoms with van der Waals surface area (Å²) in [4.78, 5) is 0. The van der Waals surface area contributed by atoms with Crippen molar-refractivity contribution in [3.8, 4) is 0 Å². The van der Waals surface area contributed by atoms with Crippen molar-refractivity contribution in [2.45, 2.75) is 25.6 Å². The average Bonchev–Trinajstić information content (AvgIpc) is 2.48. The Bertz CT molecular complexity index is 322. The Morgan fingerprint density at radius 1 is 1.08 bits per heavy atom. The molecule has 0 bridgehead atoms. The van der Waals surface area contributed by atoms with Gasteiger partial charge in [0.2, 0.25) is 0 Å². The largest absolute Gasteiger partial charge is 0.0910 e. The van der Waals surface area contributed by atoms with Crippen LogP contribution in [0.4, 0.5) is 0 Å². The van der Waals surface area contributed by atoms with E-state index in [4.69, 9.17) is 0 Å². The fraction of sp³-hybridized carbons (Fsp3) is 0.333. The maximum atomic E-state index is 2.56. The Labute approximate surface area is 81.3 Å². The number of benzene rings is 1. The average molecular weight is 188 g/mol. The summed E-state index contributed by atoms with van der Waals surface area (Å²) in [5.41, 5.74) is 5.57. The smallest absolute Gasteiger partial charge is 0.0724 e. The van der Waals surface area contributed by atoms with E-state index in [0.717, 1.165) is 0 Å². The molecule has 0 saturated carbocycles. The standard InChI is InChI=1S/C12H16Si/c1-13(2)9-8-12(10-13)11-6-4-3-5-7-11/h3-7,10H,8-9H2,1-2H3. The van der Waals surface area contributed by atoms with Gasteiger partial charge in [-0.2, -0.15) is 0 Å². The third-order valence-electron chi connectivity index (χ3n) is 2.75. The van der Waals surface area contributed by atoms with Gasteiger partial charge in [-0.3, -0.25) is 0 Å². The summed E-state index contributed by atoms with van der Waals surface area (Å²) in [6.07, 6.45) is 1.29. The van der Waals surface area contributed by atoms with Crippen LogP contribution in [-0.4, -0.2) is 8.07 Å². The second-order valence-electron chi connectivity index (χ2n) is 4.52. The third-order valence-corrected chi connectivity index (χ3v) is 5.42. The van der Waals surface area contributed by atoms with Crippen LogP contribution in [0.15, 0.2) is 36.0 Å². The first-order valence-corrected chi connectivity index (χ1v) is 8.23. The molecule has 1 heteroatoms. The monoisotopic (exact) mass is 188 g/mol. The molecule has 0 saturated heterocycles. The van der Waals surface area contributed by atoms with Crippen LogP contribution in [-0.2, 0) is 0 Å². The molecule has 0 fully saturated rings. The second-order valence-corrected chi connectivity index (χ2v) is 9.29. The van der Waals surface area contributed by atoms with Gasteiger partial charge in [0.05, 0.1) is 8.07 Å². The van der Waals surface area contributed by atoms with E-state index < -0.39 is 8.07 Å². The normalized spacial score (nSPS) is 20.0. The summed E-state index contributed by atoms with van der Waals surface area (Å²) in [5.74, 6) is 0. The number of rotatable bonds is 1. The van der Waals surface area contributed by atoms with Gasteiger partial charge in [0.25, 0.3) is 0 Å². The highest BCUT2D eigenvalue weighted by atomic mass is 28.3. The van der Waals surface area contributed by atoms with Gasteiger partial charge < -0.3 is 0 Å². The van der Waals surface area contributed by atoms with Crippen LogP contribution in [0.5, 0.6) is 0 Å². The quantitative estimate of drug-likeness (QED) is 0.589. The molecule has 13 heavy (non-hydrogen) atoms. The summed E-state index contributed by atoms with van der Waals surface area (Å²) >= 11 is 0. The van der Waals surface area contributed by atoms with Gasteiger partial charge in [-0.25, -0.2) is 0 Å². The maximum Gasteiger partial charge on any atom is 0.0724 e. The van der Waals surface area contributed by atoms with Crippen molar-refractivity contribution in [1.82, 2.24) is 0 Å². The van der Waals surface area contributed by atoms with Gasteiger partial charge in [0.15, 0.2) is 0 Å².